The maximum absolute atomic E-state index is 11.7. The first-order valence-corrected chi connectivity index (χ1v) is 6.78. The van der Waals surface area contributed by atoms with E-state index < -0.39 is 0 Å². The number of rotatable bonds is 4. The largest absolute Gasteiger partial charge is 0.465 e. The minimum Gasteiger partial charge on any atom is -0.465 e. The standard InChI is InChI=1S/C13H24N2O3/c1-4-12(16)15-8-6-7-14(9-10-15)11(3)13(17)18-5-2/h11H,4-10H2,1-3H3/t11-/m0/s1. The normalized spacial score (nSPS) is 19.2. The van der Waals surface area contributed by atoms with Crippen LogP contribution in [0.5, 0.6) is 0 Å². The van der Waals surface area contributed by atoms with Gasteiger partial charge in [-0.1, -0.05) is 6.92 Å². The van der Waals surface area contributed by atoms with Crippen LogP contribution in [0, 0.1) is 0 Å². The van der Waals surface area contributed by atoms with Crippen LogP contribution in [0.15, 0.2) is 0 Å². The zero-order valence-electron chi connectivity index (χ0n) is 11.6. The molecule has 0 saturated carbocycles. The molecule has 0 aliphatic carbocycles. The van der Waals surface area contributed by atoms with Gasteiger partial charge in [-0.3, -0.25) is 14.5 Å². The predicted octanol–water partition coefficient (Wildman–Crippen LogP) is 0.882. The molecule has 1 fully saturated rings. The first-order valence-electron chi connectivity index (χ1n) is 6.78. The van der Waals surface area contributed by atoms with Crippen molar-refractivity contribution in [3.63, 3.8) is 0 Å². The highest BCUT2D eigenvalue weighted by atomic mass is 16.5. The van der Waals surface area contributed by atoms with Gasteiger partial charge in [0, 0.05) is 32.6 Å². The van der Waals surface area contributed by atoms with E-state index in [1.807, 2.05) is 25.7 Å². The van der Waals surface area contributed by atoms with E-state index in [4.69, 9.17) is 4.74 Å². The van der Waals surface area contributed by atoms with Crippen molar-refractivity contribution >= 4 is 11.9 Å². The molecule has 18 heavy (non-hydrogen) atoms. The Morgan fingerprint density at radius 1 is 1.17 bits per heavy atom. The third-order valence-corrected chi connectivity index (χ3v) is 3.36. The fourth-order valence-electron chi connectivity index (χ4n) is 2.21. The van der Waals surface area contributed by atoms with E-state index in [0.29, 0.717) is 19.6 Å². The van der Waals surface area contributed by atoms with E-state index in [2.05, 4.69) is 4.90 Å². The Kier molecular flexibility index (Phi) is 6.12. The summed E-state index contributed by atoms with van der Waals surface area (Å²) in [4.78, 5) is 27.3. The molecule has 0 aromatic rings. The third-order valence-electron chi connectivity index (χ3n) is 3.36. The number of amides is 1. The Morgan fingerprint density at radius 3 is 2.50 bits per heavy atom. The van der Waals surface area contributed by atoms with Gasteiger partial charge in [-0.15, -0.1) is 0 Å². The fraction of sp³-hybridized carbons (Fsp3) is 0.846. The molecule has 1 aliphatic heterocycles. The van der Waals surface area contributed by atoms with Crippen LogP contribution in [0.3, 0.4) is 0 Å². The molecule has 0 radical (unpaired) electrons. The van der Waals surface area contributed by atoms with Gasteiger partial charge in [0.05, 0.1) is 6.61 Å². The summed E-state index contributed by atoms with van der Waals surface area (Å²) >= 11 is 0. The number of hydrogen-bond donors (Lipinski definition) is 0. The van der Waals surface area contributed by atoms with Crippen molar-refractivity contribution in [3.8, 4) is 0 Å². The van der Waals surface area contributed by atoms with Gasteiger partial charge < -0.3 is 9.64 Å². The number of ether oxygens (including phenoxy) is 1. The third kappa shape index (κ3) is 3.98. The lowest BCUT2D eigenvalue weighted by molar-refractivity contribution is -0.148. The molecular weight excluding hydrogens is 232 g/mol. The molecule has 1 atom stereocenters. The fourth-order valence-corrected chi connectivity index (χ4v) is 2.21. The minimum atomic E-state index is -0.221. The highest BCUT2D eigenvalue weighted by Crippen LogP contribution is 2.09. The summed E-state index contributed by atoms with van der Waals surface area (Å²) in [5.41, 5.74) is 0. The van der Waals surface area contributed by atoms with Gasteiger partial charge in [0.1, 0.15) is 6.04 Å². The Morgan fingerprint density at radius 2 is 1.89 bits per heavy atom. The van der Waals surface area contributed by atoms with Crippen LogP contribution in [-0.4, -0.2) is 60.5 Å². The molecule has 104 valence electrons. The number of carbonyl (C=O) groups is 2. The van der Waals surface area contributed by atoms with Crippen LogP contribution < -0.4 is 0 Å². The van der Waals surface area contributed by atoms with Crippen LogP contribution in [0.1, 0.15) is 33.6 Å². The summed E-state index contributed by atoms with van der Waals surface area (Å²) in [6.45, 7) is 9.06. The number of esters is 1. The van der Waals surface area contributed by atoms with Crippen molar-refractivity contribution in [3.05, 3.63) is 0 Å². The van der Waals surface area contributed by atoms with E-state index in [9.17, 15) is 9.59 Å². The first kappa shape index (κ1) is 15.0. The minimum absolute atomic E-state index is 0.173. The topological polar surface area (TPSA) is 49.9 Å². The second-order valence-corrected chi connectivity index (χ2v) is 4.55. The quantitative estimate of drug-likeness (QED) is 0.701. The van der Waals surface area contributed by atoms with Crippen molar-refractivity contribution in [2.75, 3.05) is 32.8 Å². The highest BCUT2D eigenvalue weighted by Gasteiger charge is 2.25. The van der Waals surface area contributed by atoms with Crippen molar-refractivity contribution in [2.24, 2.45) is 0 Å². The van der Waals surface area contributed by atoms with Gasteiger partial charge in [0.25, 0.3) is 0 Å². The molecule has 1 saturated heterocycles. The summed E-state index contributed by atoms with van der Waals surface area (Å²) in [5.74, 6) is 0.0217. The van der Waals surface area contributed by atoms with Crippen LogP contribution in [0.25, 0.3) is 0 Å². The Balaban J connectivity index is 2.51. The predicted molar refractivity (Wildman–Crippen MR) is 69.2 cm³/mol. The SMILES string of the molecule is CCOC(=O)[C@H](C)N1CCCN(C(=O)CC)CC1. The average Bonchev–Trinajstić information content (AvgIpc) is 2.63. The zero-order valence-corrected chi connectivity index (χ0v) is 11.6. The lowest BCUT2D eigenvalue weighted by atomic mass is 10.2. The van der Waals surface area contributed by atoms with Crippen molar-refractivity contribution in [1.82, 2.24) is 9.80 Å². The highest BCUT2D eigenvalue weighted by molar-refractivity contribution is 5.76. The second-order valence-electron chi connectivity index (χ2n) is 4.55. The Bertz CT molecular complexity index is 294. The van der Waals surface area contributed by atoms with Gasteiger partial charge in [0.15, 0.2) is 0 Å². The molecule has 5 heteroatoms. The second kappa shape index (κ2) is 7.36. The van der Waals surface area contributed by atoms with Gasteiger partial charge >= 0.3 is 5.97 Å². The molecule has 1 rings (SSSR count). The smallest absolute Gasteiger partial charge is 0.323 e. The molecule has 0 N–H and O–H groups in total. The lowest BCUT2D eigenvalue weighted by Gasteiger charge is -2.26. The van der Waals surface area contributed by atoms with Crippen molar-refractivity contribution in [1.29, 1.82) is 0 Å². The van der Waals surface area contributed by atoms with Crippen LogP contribution in [-0.2, 0) is 14.3 Å². The summed E-state index contributed by atoms with van der Waals surface area (Å²) in [7, 11) is 0. The van der Waals surface area contributed by atoms with Gasteiger partial charge in [-0.25, -0.2) is 0 Å². The summed E-state index contributed by atoms with van der Waals surface area (Å²) < 4.78 is 5.03. The molecule has 1 amide bonds. The van der Waals surface area contributed by atoms with Gasteiger partial charge in [-0.2, -0.15) is 0 Å². The summed E-state index contributed by atoms with van der Waals surface area (Å²) in [6, 6.07) is -0.221. The van der Waals surface area contributed by atoms with E-state index in [0.717, 1.165) is 26.1 Å². The first-order chi connectivity index (χ1) is 8.60. The van der Waals surface area contributed by atoms with E-state index >= 15 is 0 Å². The van der Waals surface area contributed by atoms with Crippen LogP contribution >= 0.6 is 0 Å². The van der Waals surface area contributed by atoms with E-state index in [-0.39, 0.29) is 17.9 Å². The van der Waals surface area contributed by atoms with E-state index in [1.165, 1.54) is 0 Å². The molecule has 0 bridgehead atoms. The average molecular weight is 256 g/mol. The molecule has 0 aromatic carbocycles. The molecule has 0 unspecified atom stereocenters. The molecule has 5 nitrogen and oxygen atoms in total. The maximum Gasteiger partial charge on any atom is 0.323 e. The summed E-state index contributed by atoms with van der Waals surface area (Å²) in [6.07, 6.45) is 1.46. The molecule has 0 aromatic heterocycles. The maximum atomic E-state index is 11.7. The van der Waals surface area contributed by atoms with Crippen LogP contribution in [0.2, 0.25) is 0 Å². The number of hydrogen-bond acceptors (Lipinski definition) is 4. The lowest BCUT2D eigenvalue weighted by Crippen LogP contribution is -2.42. The van der Waals surface area contributed by atoms with E-state index in [1.54, 1.807) is 0 Å². The Hall–Kier alpha value is -1.10. The Labute approximate surface area is 109 Å². The van der Waals surface area contributed by atoms with Gasteiger partial charge in [-0.05, 0) is 20.3 Å². The number of carbonyl (C=O) groups excluding carboxylic acids is 2. The van der Waals surface area contributed by atoms with Crippen LogP contribution in [0.4, 0.5) is 0 Å². The zero-order chi connectivity index (χ0) is 13.5. The van der Waals surface area contributed by atoms with Crippen molar-refractivity contribution in [2.45, 2.75) is 39.7 Å². The monoisotopic (exact) mass is 256 g/mol. The number of nitrogens with zero attached hydrogens (tertiary/aromatic N) is 2. The summed E-state index contributed by atoms with van der Waals surface area (Å²) in [5, 5.41) is 0. The van der Waals surface area contributed by atoms with Crippen molar-refractivity contribution < 1.29 is 14.3 Å². The molecule has 1 aliphatic rings. The molecule has 0 spiro atoms. The van der Waals surface area contributed by atoms with Gasteiger partial charge in [0.2, 0.25) is 5.91 Å². The molecule has 1 heterocycles. The molecular formula is C13H24N2O3.